The molecule has 0 saturated carbocycles. The number of nitrogens with one attached hydrogen (secondary N) is 1. The predicted octanol–water partition coefficient (Wildman–Crippen LogP) is 2.60. The molecule has 0 radical (unpaired) electrons. The van der Waals surface area contributed by atoms with Gasteiger partial charge in [-0.25, -0.2) is 4.79 Å². The molecule has 1 N–H and O–H groups in total. The van der Waals surface area contributed by atoms with E-state index in [0.29, 0.717) is 0 Å². The molecule has 0 aliphatic carbocycles. The number of ether oxygens (including phenoxy) is 1. The van der Waals surface area contributed by atoms with Crippen molar-refractivity contribution < 1.29 is 19.2 Å². The number of nitro benzene ring substituents is 1. The Hall–Kier alpha value is -2.96. The van der Waals surface area contributed by atoms with Crippen molar-refractivity contribution in [3.63, 3.8) is 0 Å². The Labute approximate surface area is 127 Å². The van der Waals surface area contributed by atoms with E-state index in [2.05, 4.69) is 5.32 Å². The van der Waals surface area contributed by atoms with Crippen molar-refractivity contribution >= 4 is 23.3 Å². The minimum Gasteiger partial charge on any atom is -0.449 e. The summed E-state index contributed by atoms with van der Waals surface area (Å²) < 4.78 is 4.90. The minimum absolute atomic E-state index is 0.142. The standard InChI is InChI=1S/C15H16N2O5/c1-3-4-5-9-14(18)22-11(2)15(19)16-12-7-6-8-13(10-12)17(20)21/h3-11H,1-2H3,(H,16,19)/b4-3+,9-5+/t11-/m1/s1. The molecular weight excluding hydrogens is 288 g/mol. The molecular formula is C15H16N2O5. The summed E-state index contributed by atoms with van der Waals surface area (Å²) in [5, 5.41) is 13.1. The number of nitrogens with zero attached hydrogens (tertiary/aromatic N) is 1. The van der Waals surface area contributed by atoms with Gasteiger partial charge in [0.2, 0.25) is 0 Å². The zero-order valence-corrected chi connectivity index (χ0v) is 12.2. The van der Waals surface area contributed by atoms with E-state index in [4.69, 9.17) is 4.74 Å². The van der Waals surface area contributed by atoms with Crippen molar-refractivity contribution in [2.24, 2.45) is 0 Å². The van der Waals surface area contributed by atoms with Crippen LogP contribution in [-0.2, 0) is 14.3 Å². The van der Waals surface area contributed by atoms with Crippen molar-refractivity contribution in [1.29, 1.82) is 0 Å². The first-order valence-corrected chi connectivity index (χ1v) is 6.49. The minimum atomic E-state index is -1.03. The Morgan fingerprint density at radius 3 is 2.73 bits per heavy atom. The molecule has 0 aliphatic heterocycles. The Bertz CT molecular complexity index is 622. The van der Waals surface area contributed by atoms with E-state index in [1.54, 1.807) is 19.1 Å². The molecule has 7 nitrogen and oxygen atoms in total. The van der Waals surface area contributed by atoms with Crippen LogP contribution in [0.2, 0.25) is 0 Å². The third-order valence-corrected chi connectivity index (χ3v) is 2.52. The lowest BCUT2D eigenvalue weighted by Gasteiger charge is -2.12. The number of esters is 1. The van der Waals surface area contributed by atoms with Crippen LogP contribution in [0.3, 0.4) is 0 Å². The van der Waals surface area contributed by atoms with E-state index >= 15 is 0 Å². The molecule has 1 amide bonds. The maximum absolute atomic E-state index is 11.9. The molecule has 7 heteroatoms. The fourth-order valence-corrected chi connectivity index (χ4v) is 1.45. The fraction of sp³-hybridized carbons (Fsp3) is 0.200. The van der Waals surface area contributed by atoms with Gasteiger partial charge in [0.25, 0.3) is 11.6 Å². The van der Waals surface area contributed by atoms with Gasteiger partial charge in [0.05, 0.1) is 4.92 Å². The zero-order chi connectivity index (χ0) is 16.5. The van der Waals surface area contributed by atoms with Crippen LogP contribution in [-0.4, -0.2) is 22.9 Å². The van der Waals surface area contributed by atoms with E-state index in [9.17, 15) is 19.7 Å². The van der Waals surface area contributed by atoms with Gasteiger partial charge in [-0.2, -0.15) is 0 Å². The molecule has 22 heavy (non-hydrogen) atoms. The number of hydrogen-bond donors (Lipinski definition) is 1. The highest BCUT2D eigenvalue weighted by Gasteiger charge is 2.17. The third-order valence-electron chi connectivity index (χ3n) is 2.52. The van der Waals surface area contributed by atoms with E-state index in [-0.39, 0.29) is 11.4 Å². The molecule has 0 heterocycles. The second kappa shape index (κ2) is 8.35. The van der Waals surface area contributed by atoms with Crippen molar-refractivity contribution in [3.8, 4) is 0 Å². The first kappa shape index (κ1) is 17.1. The summed E-state index contributed by atoms with van der Waals surface area (Å²) in [6.45, 7) is 3.21. The van der Waals surface area contributed by atoms with E-state index in [0.717, 1.165) is 0 Å². The Kier molecular flexibility index (Phi) is 6.49. The van der Waals surface area contributed by atoms with Crippen LogP contribution in [0.15, 0.2) is 48.6 Å². The first-order valence-electron chi connectivity index (χ1n) is 6.49. The molecule has 1 aromatic rings. The normalized spacial score (nSPS) is 12.3. The van der Waals surface area contributed by atoms with Gasteiger partial charge in [-0.15, -0.1) is 0 Å². The van der Waals surface area contributed by atoms with Crippen LogP contribution in [0.4, 0.5) is 11.4 Å². The fourth-order valence-electron chi connectivity index (χ4n) is 1.45. The topological polar surface area (TPSA) is 98.5 Å². The number of rotatable bonds is 6. The number of carbonyl (C=O) groups is 2. The maximum Gasteiger partial charge on any atom is 0.331 e. The van der Waals surface area contributed by atoms with E-state index in [1.807, 2.05) is 0 Å². The zero-order valence-electron chi connectivity index (χ0n) is 12.2. The number of allylic oxidation sites excluding steroid dienone is 3. The number of carbonyl (C=O) groups excluding carboxylic acids is 2. The van der Waals surface area contributed by atoms with Gasteiger partial charge in [0, 0.05) is 23.9 Å². The van der Waals surface area contributed by atoms with Gasteiger partial charge in [-0.05, 0) is 19.9 Å². The van der Waals surface area contributed by atoms with Crippen molar-refractivity contribution in [2.45, 2.75) is 20.0 Å². The Balaban J connectivity index is 2.62. The highest BCUT2D eigenvalue weighted by Crippen LogP contribution is 2.17. The van der Waals surface area contributed by atoms with E-state index in [1.165, 1.54) is 43.3 Å². The predicted molar refractivity (Wildman–Crippen MR) is 81.2 cm³/mol. The van der Waals surface area contributed by atoms with Crippen LogP contribution in [0.25, 0.3) is 0 Å². The van der Waals surface area contributed by atoms with Crippen molar-refractivity contribution in [1.82, 2.24) is 0 Å². The van der Waals surface area contributed by atoms with Gasteiger partial charge >= 0.3 is 5.97 Å². The largest absolute Gasteiger partial charge is 0.449 e. The van der Waals surface area contributed by atoms with Gasteiger partial charge in [-0.3, -0.25) is 14.9 Å². The number of benzene rings is 1. The molecule has 0 spiro atoms. The highest BCUT2D eigenvalue weighted by atomic mass is 16.6. The third kappa shape index (κ3) is 5.58. The molecule has 1 atom stereocenters. The lowest BCUT2D eigenvalue weighted by molar-refractivity contribution is -0.384. The molecule has 0 aromatic heterocycles. The first-order chi connectivity index (χ1) is 10.4. The number of non-ortho nitro benzene ring substituents is 1. The number of amides is 1. The Morgan fingerprint density at radius 1 is 1.36 bits per heavy atom. The summed E-state index contributed by atoms with van der Waals surface area (Å²) in [7, 11) is 0. The summed E-state index contributed by atoms with van der Waals surface area (Å²) >= 11 is 0. The average molecular weight is 304 g/mol. The lowest BCUT2D eigenvalue weighted by Crippen LogP contribution is -2.29. The van der Waals surface area contributed by atoms with Crippen LogP contribution >= 0.6 is 0 Å². The second-order valence-electron chi connectivity index (χ2n) is 4.26. The number of hydrogen-bond acceptors (Lipinski definition) is 5. The average Bonchev–Trinajstić information content (AvgIpc) is 2.47. The molecule has 0 saturated heterocycles. The molecule has 0 bridgehead atoms. The van der Waals surface area contributed by atoms with Crippen LogP contribution < -0.4 is 5.32 Å². The summed E-state index contributed by atoms with van der Waals surface area (Å²) in [6.07, 6.45) is 5.05. The van der Waals surface area contributed by atoms with Crippen molar-refractivity contribution in [3.05, 3.63) is 58.7 Å². The number of anilines is 1. The summed E-state index contributed by atoms with van der Waals surface area (Å²) in [5.74, 6) is -1.23. The molecule has 1 rings (SSSR count). The van der Waals surface area contributed by atoms with Crippen LogP contribution in [0.5, 0.6) is 0 Å². The Morgan fingerprint density at radius 2 is 2.09 bits per heavy atom. The molecule has 116 valence electrons. The summed E-state index contributed by atoms with van der Waals surface area (Å²) in [6, 6.07) is 5.49. The van der Waals surface area contributed by atoms with Gasteiger partial charge in [0.1, 0.15) is 0 Å². The molecule has 0 unspecified atom stereocenters. The maximum atomic E-state index is 11.9. The second-order valence-corrected chi connectivity index (χ2v) is 4.26. The molecule has 0 fully saturated rings. The SMILES string of the molecule is C/C=C/C=C/C(=O)O[C@H](C)C(=O)Nc1cccc([N+](=O)[O-])c1. The quantitative estimate of drug-likeness (QED) is 0.286. The monoisotopic (exact) mass is 304 g/mol. The smallest absolute Gasteiger partial charge is 0.331 e. The van der Waals surface area contributed by atoms with Crippen LogP contribution in [0, 0.1) is 10.1 Å². The summed E-state index contributed by atoms with van der Waals surface area (Å²) in [5.41, 5.74) is 0.114. The van der Waals surface area contributed by atoms with Gasteiger partial charge < -0.3 is 10.1 Å². The highest BCUT2D eigenvalue weighted by molar-refractivity contribution is 5.96. The number of nitro groups is 1. The van der Waals surface area contributed by atoms with Gasteiger partial charge in [0.15, 0.2) is 6.10 Å². The molecule has 0 aliphatic rings. The summed E-state index contributed by atoms with van der Waals surface area (Å²) in [4.78, 5) is 33.4. The van der Waals surface area contributed by atoms with E-state index < -0.39 is 22.9 Å². The van der Waals surface area contributed by atoms with Gasteiger partial charge in [-0.1, -0.05) is 24.3 Å². The van der Waals surface area contributed by atoms with Crippen molar-refractivity contribution in [2.75, 3.05) is 5.32 Å². The van der Waals surface area contributed by atoms with Crippen LogP contribution in [0.1, 0.15) is 13.8 Å². The lowest BCUT2D eigenvalue weighted by atomic mass is 10.2. The molecule has 1 aromatic carbocycles.